The molecule has 0 saturated carbocycles. The molecule has 0 saturated heterocycles. The molecule has 2 amide bonds. The Bertz CT molecular complexity index is 996. The van der Waals surface area contributed by atoms with E-state index in [9.17, 15) is 19.5 Å². The molecule has 0 aliphatic rings. The predicted octanol–water partition coefficient (Wildman–Crippen LogP) is 4.12. The summed E-state index contributed by atoms with van der Waals surface area (Å²) in [5.41, 5.74) is 1.58. The lowest BCUT2D eigenvalue weighted by atomic mass is 10.0. The fraction of sp³-hybridized carbons (Fsp3) is 0.483. The molecule has 2 rings (SSSR count). The number of benzene rings is 2. The summed E-state index contributed by atoms with van der Waals surface area (Å²) in [7, 11) is 1.57. The average Bonchev–Trinajstić information content (AvgIpc) is 2.93. The van der Waals surface area contributed by atoms with E-state index in [-0.39, 0.29) is 19.1 Å². The van der Waals surface area contributed by atoms with Crippen LogP contribution in [0.1, 0.15) is 57.6 Å². The van der Waals surface area contributed by atoms with Gasteiger partial charge in [-0.15, -0.1) is 0 Å². The zero-order valence-electron chi connectivity index (χ0n) is 22.6. The van der Waals surface area contributed by atoms with Gasteiger partial charge in [-0.2, -0.15) is 0 Å². The molecule has 2 aromatic rings. The number of alkyl carbamates (subject to hydrolysis) is 1. The first-order valence-corrected chi connectivity index (χ1v) is 13.0. The summed E-state index contributed by atoms with van der Waals surface area (Å²) in [5, 5.41) is 16.1. The Kier molecular flexibility index (Phi) is 13.1. The molecule has 0 spiro atoms. The second kappa shape index (κ2) is 16.3. The number of carbonyl (C=O) groups is 3. The number of aliphatic hydroxyl groups is 1. The van der Waals surface area contributed by atoms with Crippen LogP contribution in [-0.2, 0) is 32.3 Å². The van der Waals surface area contributed by atoms with Crippen molar-refractivity contribution in [3.63, 3.8) is 0 Å². The molecular weight excluding hydrogens is 488 g/mol. The van der Waals surface area contributed by atoms with Crippen LogP contribution in [0.25, 0.3) is 0 Å². The van der Waals surface area contributed by atoms with Crippen LogP contribution < -0.4 is 15.4 Å². The first-order valence-electron chi connectivity index (χ1n) is 13.0. The van der Waals surface area contributed by atoms with Crippen molar-refractivity contribution in [2.75, 3.05) is 7.11 Å². The van der Waals surface area contributed by atoms with Crippen LogP contribution in [-0.4, -0.2) is 48.4 Å². The number of hydrogen-bond acceptors (Lipinski definition) is 7. The Balaban J connectivity index is 1.98. The van der Waals surface area contributed by atoms with E-state index in [1.807, 2.05) is 37.3 Å². The Morgan fingerprint density at radius 2 is 1.50 bits per heavy atom. The van der Waals surface area contributed by atoms with Crippen molar-refractivity contribution in [2.24, 2.45) is 5.92 Å². The van der Waals surface area contributed by atoms with Crippen molar-refractivity contribution >= 4 is 18.0 Å². The molecule has 0 heterocycles. The van der Waals surface area contributed by atoms with Gasteiger partial charge in [-0.05, 0) is 35.6 Å². The molecule has 3 N–H and O–H groups in total. The number of rotatable bonds is 15. The number of esters is 1. The molecule has 0 fully saturated rings. The Labute approximate surface area is 224 Å². The lowest BCUT2D eigenvalue weighted by molar-refractivity contribution is -0.151. The monoisotopic (exact) mass is 528 g/mol. The summed E-state index contributed by atoms with van der Waals surface area (Å²) in [4.78, 5) is 38.2. The minimum absolute atomic E-state index is 0.0163. The molecule has 0 aromatic heterocycles. The van der Waals surface area contributed by atoms with E-state index in [1.54, 1.807) is 45.2 Å². The number of hydrogen-bond donors (Lipinski definition) is 3. The summed E-state index contributed by atoms with van der Waals surface area (Å²) in [6, 6.07) is 14.4. The van der Waals surface area contributed by atoms with Crippen molar-refractivity contribution in [3.05, 3.63) is 65.7 Å². The van der Waals surface area contributed by atoms with Crippen molar-refractivity contribution in [2.45, 2.75) is 77.9 Å². The third-order valence-electron chi connectivity index (χ3n) is 6.04. The minimum atomic E-state index is -1.58. The maximum absolute atomic E-state index is 13.0. The summed E-state index contributed by atoms with van der Waals surface area (Å²) in [6.45, 7) is 5.66. The molecule has 38 heavy (non-hydrogen) atoms. The van der Waals surface area contributed by atoms with E-state index in [4.69, 9.17) is 14.2 Å². The van der Waals surface area contributed by atoms with Crippen LogP contribution in [0.15, 0.2) is 54.6 Å². The van der Waals surface area contributed by atoms with Crippen molar-refractivity contribution in [1.29, 1.82) is 0 Å². The maximum Gasteiger partial charge on any atom is 0.407 e. The van der Waals surface area contributed by atoms with E-state index < -0.39 is 36.2 Å². The molecule has 3 atom stereocenters. The van der Waals surface area contributed by atoms with Gasteiger partial charge in [0.05, 0.1) is 13.2 Å². The summed E-state index contributed by atoms with van der Waals surface area (Å²) < 4.78 is 15.8. The van der Waals surface area contributed by atoms with Gasteiger partial charge in [0.1, 0.15) is 25.0 Å². The quantitative estimate of drug-likeness (QED) is 0.235. The highest BCUT2D eigenvalue weighted by Crippen LogP contribution is 2.14. The van der Waals surface area contributed by atoms with E-state index >= 15 is 0 Å². The van der Waals surface area contributed by atoms with E-state index in [1.165, 1.54) is 0 Å². The van der Waals surface area contributed by atoms with Gasteiger partial charge >= 0.3 is 12.1 Å². The largest absolute Gasteiger partial charge is 0.497 e. The van der Waals surface area contributed by atoms with Gasteiger partial charge in [-0.3, -0.25) is 4.79 Å². The Hall–Kier alpha value is -3.59. The molecule has 9 heteroatoms. The number of unbranched alkanes of at least 4 members (excludes halogenated alkanes) is 2. The summed E-state index contributed by atoms with van der Waals surface area (Å²) >= 11 is 0. The molecule has 0 aliphatic heterocycles. The average molecular weight is 529 g/mol. The number of carbonyl (C=O) groups excluding carboxylic acids is 3. The number of methoxy groups -OCH3 is 1. The number of ether oxygens (including phenoxy) is 3. The van der Waals surface area contributed by atoms with Gasteiger partial charge in [0.2, 0.25) is 0 Å². The summed E-state index contributed by atoms with van der Waals surface area (Å²) in [6.07, 6.45) is 0.524. The van der Waals surface area contributed by atoms with E-state index in [0.717, 1.165) is 24.0 Å². The Morgan fingerprint density at radius 1 is 0.868 bits per heavy atom. The zero-order valence-corrected chi connectivity index (χ0v) is 22.6. The van der Waals surface area contributed by atoms with Gasteiger partial charge in [0.15, 0.2) is 6.10 Å². The van der Waals surface area contributed by atoms with Gasteiger partial charge in [-0.1, -0.05) is 82.5 Å². The third kappa shape index (κ3) is 10.4. The van der Waals surface area contributed by atoms with Gasteiger partial charge in [-0.25, -0.2) is 9.59 Å². The first-order chi connectivity index (χ1) is 18.2. The van der Waals surface area contributed by atoms with Gasteiger partial charge in [0, 0.05) is 0 Å². The van der Waals surface area contributed by atoms with Gasteiger partial charge in [0.25, 0.3) is 5.91 Å². The zero-order chi connectivity index (χ0) is 27.9. The van der Waals surface area contributed by atoms with E-state index in [0.29, 0.717) is 18.6 Å². The third-order valence-corrected chi connectivity index (χ3v) is 6.04. The number of aliphatic hydroxyl groups excluding tert-OH is 1. The van der Waals surface area contributed by atoms with Crippen LogP contribution >= 0.6 is 0 Å². The van der Waals surface area contributed by atoms with Crippen molar-refractivity contribution in [3.8, 4) is 5.75 Å². The van der Waals surface area contributed by atoms with Gasteiger partial charge < -0.3 is 30.0 Å². The van der Waals surface area contributed by atoms with Crippen LogP contribution in [0.3, 0.4) is 0 Å². The second-order valence-electron chi connectivity index (χ2n) is 9.44. The highest BCUT2D eigenvalue weighted by Gasteiger charge is 2.33. The van der Waals surface area contributed by atoms with Crippen LogP contribution in [0.5, 0.6) is 5.75 Å². The Morgan fingerprint density at radius 3 is 2.11 bits per heavy atom. The molecule has 0 unspecified atom stereocenters. The van der Waals surface area contributed by atoms with Crippen molar-refractivity contribution < 1.29 is 33.7 Å². The van der Waals surface area contributed by atoms with E-state index in [2.05, 4.69) is 10.6 Å². The highest BCUT2D eigenvalue weighted by molar-refractivity contribution is 5.87. The van der Waals surface area contributed by atoms with Crippen LogP contribution in [0.4, 0.5) is 4.79 Å². The normalized spacial score (nSPS) is 13.2. The lowest BCUT2D eigenvalue weighted by Gasteiger charge is -2.26. The highest BCUT2D eigenvalue weighted by atomic mass is 16.5. The molecular formula is C29H40N2O7. The standard InChI is InChI=1S/C29H40N2O7/c1-5-6-8-13-24(30-29(35)38-19-22-14-16-23(36-4)17-15-22)26(32)27(33)31-25(20(2)3)28(34)37-18-21-11-9-7-10-12-21/h7,9-12,14-17,20,24-26,32H,5-6,8,13,18-19H2,1-4H3,(H,30,35)(H,31,33)/t24-,25-,26+/m0/s1. The fourth-order valence-corrected chi connectivity index (χ4v) is 3.72. The molecule has 9 nitrogen and oxygen atoms in total. The molecule has 2 aromatic carbocycles. The smallest absolute Gasteiger partial charge is 0.407 e. The minimum Gasteiger partial charge on any atom is -0.497 e. The van der Waals surface area contributed by atoms with Crippen LogP contribution in [0.2, 0.25) is 0 Å². The molecule has 0 bridgehead atoms. The second-order valence-corrected chi connectivity index (χ2v) is 9.44. The molecule has 208 valence electrons. The number of amides is 2. The fourth-order valence-electron chi connectivity index (χ4n) is 3.72. The SMILES string of the molecule is CCCCC[C@H](NC(=O)OCc1ccc(OC)cc1)[C@@H](O)C(=O)N[C@H](C(=O)OCc1ccccc1)C(C)C. The molecule has 0 aliphatic carbocycles. The van der Waals surface area contributed by atoms with Crippen LogP contribution in [0, 0.1) is 5.92 Å². The maximum atomic E-state index is 13.0. The topological polar surface area (TPSA) is 123 Å². The first kappa shape index (κ1) is 30.6. The predicted molar refractivity (Wildman–Crippen MR) is 143 cm³/mol. The lowest BCUT2D eigenvalue weighted by Crippen LogP contribution is -2.55. The van der Waals surface area contributed by atoms with Crippen molar-refractivity contribution in [1.82, 2.24) is 10.6 Å². The molecule has 0 radical (unpaired) electrons. The number of nitrogens with one attached hydrogen (secondary N) is 2. The summed E-state index contributed by atoms with van der Waals surface area (Å²) in [5.74, 6) is -0.960.